The number of nitrogens with one attached hydrogen (secondary N) is 1. The molecule has 0 fully saturated rings. The van der Waals surface area contributed by atoms with Crippen LogP contribution in [0.2, 0.25) is 10.0 Å². The van der Waals surface area contributed by atoms with Crippen LogP contribution in [0.25, 0.3) is 0 Å². The Morgan fingerprint density at radius 3 is 2.47 bits per heavy atom. The molecule has 0 saturated carbocycles. The van der Waals surface area contributed by atoms with Crippen LogP contribution in [0.15, 0.2) is 23.0 Å². The molecule has 2 rings (SSSR count). The number of aromatic amines is 1. The monoisotopic (exact) mass is 308 g/mol. The van der Waals surface area contributed by atoms with Crippen molar-refractivity contribution in [1.82, 2.24) is 9.78 Å². The molecule has 7 heteroatoms. The van der Waals surface area contributed by atoms with Gasteiger partial charge in [-0.1, -0.05) is 23.2 Å². The van der Waals surface area contributed by atoms with Crippen molar-refractivity contribution in [3.8, 4) is 0 Å². The summed E-state index contributed by atoms with van der Waals surface area (Å²) in [5, 5.41) is 3.44. The number of carbonyl (C=O) groups excluding carboxylic acids is 1. The standard InChI is InChI=1S/C12H10Cl2N2O2.Na.H/c1-6-10(12(18)16(2)15-6)11(17)8-4-3-7(13)5-9(8)14;;/h3-5,15H,1-2H3;;/q;+1;-1. The minimum atomic E-state index is -0.406. The van der Waals surface area contributed by atoms with Gasteiger partial charge in [-0.15, -0.1) is 0 Å². The summed E-state index contributed by atoms with van der Waals surface area (Å²) < 4.78 is 1.26. The van der Waals surface area contributed by atoms with Crippen molar-refractivity contribution in [2.75, 3.05) is 0 Å². The number of benzene rings is 1. The summed E-state index contributed by atoms with van der Waals surface area (Å²) in [7, 11) is 1.55. The second-order valence-electron chi connectivity index (χ2n) is 3.93. The Morgan fingerprint density at radius 2 is 2.00 bits per heavy atom. The van der Waals surface area contributed by atoms with Gasteiger partial charge in [0.05, 0.1) is 5.02 Å². The number of H-pyrrole nitrogens is 1. The second kappa shape index (κ2) is 6.29. The van der Waals surface area contributed by atoms with Crippen molar-refractivity contribution in [1.29, 1.82) is 0 Å². The van der Waals surface area contributed by atoms with E-state index in [1.807, 2.05) is 0 Å². The van der Waals surface area contributed by atoms with Gasteiger partial charge in [0, 0.05) is 23.3 Å². The zero-order chi connectivity index (χ0) is 13.4. The minimum Gasteiger partial charge on any atom is -1.00 e. The predicted octanol–water partition coefficient (Wildman–Crippen LogP) is -0.324. The van der Waals surface area contributed by atoms with E-state index in [1.165, 1.54) is 16.8 Å². The van der Waals surface area contributed by atoms with Crippen molar-refractivity contribution >= 4 is 29.0 Å². The van der Waals surface area contributed by atoms with Crippen molar-refractivity contribution < 1.29 is 35.8 Å². The SMILES string of the molecule is Cc1[nH]n(C)c(=O)c1C(=O)c1ccc(Cl)cc1Cl.[H-].[Na+]. The van der Waals surface area contributed by atoms with E-state index in [1.54, 1.807) is 20.0 Å². The molecular weight excluding hydrogens is 298 g/mol. The molecule has 1 aromatic heterocycles. The van der Waals surface area contributed by atoms with Crippen LogP contribution in [0.4, 0.5) is 0 Å². The summed E-state index contributed by atoms with van der Waals surface area (Å²) in [4.78, 5) is 24.1. The molecular formula is C12H11Cl2N2NaO2. The first-order valence-electron chi connectivity index (χ1n) is 5.17. The summed E-state index contributed by atoms with van der Waals surface area (Å²) in [6, 6.07) is 4.55. The van der Waals surface area contributed by atoms with Crippen molar-refractivity contribution in [2.45, 2.75) is 6.92 Å². The van der Waals surface area contributed by atoms with Gasteiger partial charge in [-0.3, -0.25) is 19.4 Å². The molecule has 0 bridgehead atoms. The third kappa shape index (κ3) is 3.15. The summed E-state index contributed by atoms with van der Waals surface area (Å²) in [6.07, 6.45) is 0. The molecule has 0 aliphatic carbocycles. The van der Waals surface area contributed by atoms with E-state index in [9.17, 15) is 9.59 Å². The van der Waals surface area contributed by atoms with Gasteiger partial charge in [0.2, 0.25) is 5.78 Å². The van der Waals surface area contributed by atoms with Crippen LogP contribution in [0.5, 0.6) is 0 Å². The van der Waals surface area contributed by atoms with Crippen LogP contribution in [0.3, 0.4) is 0 Å². The van der Waals surface area contributed by atoms with E-state index in [2.05, 4.69) is 5.10 Å². The van der Waals surface area contributed by atoms with E-state index in [4.69, 9.17) is 23.2 Å². The molecule has 0 radical (unpaired) electrons. The summed E-state index contributed by atoms with van der Waals surface area (Å²) in [5.74, 6) is -0.406. The molecule has 1 aromatic carbocycles. The maximum Gasteiger partial charge on any atom is 1.00 e. The fourth-order valence-corrected chi connectivity index (χ4v) is 2.26. The fourth-order valence-electron chi connectivity index (χ4n) is 1.76. The topological polar surface area (TPSA) is 54.9 Å². The Balaban J connectivity index is 0.00000180. The molecule has 0 aliphatic rings. The average molecular weight is 309 g/mol. The maximum atomic E-state index is 12.3. The molecule has 0 amide bonds. The zero-order valence-electron chi connectivity index (χ0n) is 11.8. The van der Waals surface area contributed by atoms with Gasteiger partial charge in [0.25, 0.3) is 5.56 Å². The van der Waals surface area contributed by atoms with Crippen LogP contribution in [-0.2, 0) is 7.05 Å². The molecule has 96 valence electrons. The molecule has 2 aromatic rings. The van der Waals surface area contributed by atoms with Gasteiger partial charge in [-0.05, 0) is 25.1 Å². The van der Waals surface area contributed by atoms with Gasteiger partial charge >= 0.3 is 29.6 Å². The Kier molecular flexibility index (Phi) is 5.47. The van der Waals surface area contributed by atoms with Crippen LogP contribution < -0.4 is 35.1 Å². The number of hydrogen-bond acceptors (Lipinski definition) is 2. The van der Waals surface area contributed by atoms with Crippen LogP contribution in [0, 0.1) is 6.92 Å². The Labute approximate surface area is 143 Å². The van der Waals surface area contributed by atoms with E-state index in [0.717, 1.165) is 0 Å². The number of ketones is 1. The van der Waals surface area contributed by atoms with Crippen LogP contribution in [-0.4, -0.2) is 15.6 Å². The van der Waals surface area contributed by atoms with Gasteiger partial charge < -0.3 is 1.43 Å². The van der Waals surface area contributed by atoms with Crippen molar-refractivity contribution in [3.63, 3.8) is 0 Å². The largest absolute Gasteiger partial charge is 1.00 e. The van der Waals surface area contributed by atoms with Gasteiger partial charge in [0.1, 0.15) is 5.56 Å². The first kappa shape index (κ1) is 16.5. The summed E-state index contributed by atoms with van der Waals surface area (Å²) >= 11 is 11.7. The normalized spacial score (nSPS) is 10.1. The summed E-state index contributed by atoms with van der Waals surface area (Å²) in [6.45, 7) is 1.67. The van der Waals surface area contributed by atoms with E-state index < -0.39 is 5.78 Å². The predicted molar refractivity (Wildman–Crippen MR) is 71.8 cm³/mol. The van der Waals surface area contributed by atoms with E-state index >= 15 is 0 Å². The van der Waals surface area contributed by atoms with Crippen molar-refractivity contribution in [2.24, 2.45) is 7.05 Å². The smallest absolute Gasteiger partial charge is 1.00 e. The second-order valence-corrected chi connectivity index (χ2v) is 4.77. The van der Waals surface area contributed by atoms with E-state index in [-0.39, 0.29) is 52.7 Å². The number of halogens is 2. The molecule has 19 heavy (non-hydrogen) atoms. The van der Waals surface area contributed by atoms with Crippen LogP contribution >= 0.6 is 23.2 Å². The molecule has 0 spiro atoms. The fraction of sp³-hybridized carbons (Fsp3) is 0.167. The summed E-state index contributed by atoms with van der Waals surface area (Å²) in [5.41, 5.74) is 0.504. The molecule has 1 heterocycles. The maximum absolute atomic E-state index is 12.3. The first-order valence-corrected chi connectivity index (χ1v) is 5.92. The Hall–Kier alpha value is -0.520. The minimum absolute atomic E-state index is 0. The van der Waals surface area contributed by atoms with Gasteiger partial charge in [-0.25, -0.2) is 0 Å². The molecule has 0 aliphatic heterocycles. The average Bonchev–Trinajstić information content (AvgIpc) is 2.52. The van der Waals surface area contributed by atoms with Crippen LogP contribution in [0.1, 0.15) is 23.0 Å². The number of rotatable bonds is 2. The third-order valence-corrected chi connectivity index (χ3v) is 3.18. The molecule has 0 unspecified atom stereocenters. The first-order chi connectivity index (χ1) is 8.41. The number of carbonyl (C=O) groups is 1. The number of nitrogens with zero attached hydrogens (tertiary/aromatic N) is 1. The van der Waals surface area contributed by atoms with Gasteiger partial charge in [-0.2, -0.15) is 0 Å². The Morgan fingerprint density at radius 1 is 1.37 bits per heavy atom. The third-order valence-electron chi connectivity index (χ3n) is 2.63. The molecule has 0 atom stereocenters. The molecule has 0 saturated heterocycles. The zero-order valence-corrected chi connectivity index (χ0v) is 14.3. The number of hydrogen-bond donors (Lipinski definition) is 1. The number of aryl methyl sites for hydroxylation is 2. The Bertz CT molecular complexity index is 697. The quantitative estimate of drug-likeness (QED) is 0.610. The van der Waals surface area contributed by atoms with E-state index in [0.29, 0.717) is 10.7 Å². The van der Waals surface area contributed by atoms with Crippen molar-refractivity contribution in [3.05, 3.63) is 55.4 Å². The molecule has 1 N–H and O–H groups in total. The van der Waals surface area contributed by atoms with Gasteiger partial charge in [0.15, 0.2) is 0 Å². The molecule has 4 nitrogen and oxygen atoms in total. The number of aromatic nitrogens is 2.